The van der Waals surface area contributed by atoms with E-state index in [4.69, 9.17) is 0 Å². The van der Waals surface area contributed by atoms with Crippen LogP contribution >= 0.6 is 11.3 Å². The van der Waals surface area contributed by atoms with Gasteiger partial charge in [0, 0.05) is 39.6 Å². The van der Waals surface area contributed by atoms with Crippen molar-refractivity contribution in [2.24, 2.45) is 7.05 Å². The quantitative estimate of drug-likeness (QED) is 0.614. The third-order valence-corrected chi connectivity index (χ3v) is 7.01. The molecule has 0 saturated carbocycles. The molecule has 4 rings (SSSR count). The fourth-order valence-electron chi connectivity index (χ4n) is 3.96. The molecule has 7 nitrogen and oxygen atoms in total. The first kappa shape index (κ1) is 21.2. The average molecular weight is 439 g/mol. The minimum absolute atomic E-state index is 0.0845. The molecule has 31 heavy (non-hydrogen) atoms. The second-order valence-corrected chi connectivity index (χ2v) is 8.91. The summed E-state index contributed by atoms with van der Waals surface area (Å²) in [6.45, 7) is 3.90. The van der Waals surface area contributed by atoms with Crippen molar-refractivity contribution in [2.45, 2.75) is 26.2 Å². The Morgan fingerprint density at radius 2 is 1.74 bits per heavy atom. The first-order valence-corrected chi connectivity index (χ1v) is 11.3. The van der Waals surface area contributed by atoms with Gasteiger partial charge in [-0.2, -0.15) is 0 Å². The van der Waals surface area contributed by atoms with Crippen molar-refractivity contribution in [1.29, 1.82) is 0 Å². The van der Waals surface area contributed by atoms with Crippen LogP contribution in [0.4, 0.5) is 0 Å². The lowest BCUT2D eigenvalue weighted by Gasteiger charge is -2.34. The van der Waals surface area contributed by atoms with Crippen LogP contribution in [-0.2, 0) is 18.3 Å². The summed E-state index contributed by atoms with van der Waals surface area (Å²) in [6, 6.07) is 10.2. The van der Waals surface area contributed by atoms with E-state index in [-0.39, 0.29) is 17.4 Å². The molecule has 1 saturated heterocycles. The lowest BCUT2D eigenvalue weighted by Crippen LogP contribution is -2.50. The number of thiophene rings is 1. The minimum atomic E-state index is -0.135. The second kappa shape index (κ2) is 9.01. The van der Waals surface area contributed by atoms with Gasteiger partial charge >= 0.3 is 0 Å². The molecule has 0 spiro atoms. The summed E-state index contributed by atoms with van der Waals surface area (Å²) < 4.78 is 1.43. The molecule has 0 N–H and O–H groups in total. The van der Waals surface area contributed by atoms with Gasteiger partial charge in [-0.3, -0.25) is 14.4 Å². The summed E-state index contributed by atoms with van der Waals surface area (Å²) in [5.41, 5.74) is 1.80. The van der Waals surface area contributed by atoms with Crippen molar-refractivity contribution in [3.05, 3.63) is 63.0 Å². The van der Waals surface area contributed by atoms with Gasteiger partial charge in [0.1, 0.15) is 4.83 Å². The van der Waals surface area contributed by atoms with Crippen LogP contribution in [-0.4, -0.2) is 57.3 Å². The number of hydrogen-bond donors (Lipinski definition) is 0. The number of aryl methyl sites for hydroxylation is 3. The highest BCUT2D eigenvalue weighted by Crippen LogP contribution is 2.28. The van der Waals surface area contributed by atoms with E-state index in [0.717, 1.165) is 12.8 Å². The van der Waals surface area contributed by atoms with Gasteiger partial charge in [-0.15, -0.1) is 11.3 Å². The highest BCUT2D eigenvalue weighted by molar-refractivity contribution is 7.20. The summed E-state index contributed by atoms with van der Waals surface area (Å²) in [4.78, 5) is 47.1. The molecule has 162 valence electrons. The van der Waals surface area contributed by atoms with Crippen molar-refractivity contribution < 1.29 is 9.59 Å². The number of carbonyl (C=O) groups is 2. The first-order chi connectivity index (χ1) is 15.0. The van der Waals surface area contributed by atoms with Crippen LogP contribution in [0.15, 0.2) is 41.5 Å². The number of amides is 2. The lowest BCUT2D eigenvalue weighted by atomic mass is 10.1. The highest BCUT2D eigenvalue weighted by atomic mass is 32.1. The fourth-order valence-corrected chi connectivity index (χ4v) is 5.07. The van der Waals surface area contributed by atoms with Crippen molar-refractivity contribution in [1.82, 2.24) is 19.4 Å². The van der Waals surface area contributed by atoms with E-state index in [1.165, 1.54) is 27.8 Å². The van der Waals surface area contributed by atoms with Gasteiger partial charge in [-0.1, -0.05) is 30.3 Å². The van der Waals surface area contributed by atoms with Crippen LogP contribution in [0, 0.1) is 6.92 Å². The molecule has 2 amide bonds. The number of nitrogens with zero attached hydrogens (tertiary/aromatic N) is 4. The number of benzene rings is 1. The molecule has 0 aliphatic carbocycles. The Morgan fingerprint density at radius 3 is 2.45 bits per heavy atom. The summed E-state index contributed by atoms with van der Waals surface area (Å²) in [5, 5.41) is 0.519. The van der Waals surface area contributed by atoms with Gasteiger partial charge in [0.05, 0.1) is 16.6 Å². The zero-order valence-electron chi connectivity index (χ0n) is 17.8. The standard InChI is InChI=1S/C23H26N4O3S/c1-16-19-21(24-15-25(2)22(19)29)31-20(16)23(30)27-13-11-26(12-14-27)18(28)10-6-9-17-7-4-3-5-8-17/h3-5,7-8,15H,6,9-14H2,1-2H3. The topological polar surface area (TPSA) is 75.5 Å². The average Bonchev–Trinajstić information content (AvgIpc) is 3.13. The highest BCUT2D eigenvalue weighted by Gasteiger charge is 2.28. The van der Waals surface area contributed by atoms with Crippen molar-refractivity contribution in [3.8, 4) is 0 Å². The molecule has 8 heteroatoms. The largest absolute Gasteiger partial charge is 0.339 e. The Hall–Kier alpha value is -3.00. The Balaban J connectivity index is 1.34. The normalized spacial score (nSPS) is 14.3. The summed E-state index contributed by atoms with van der Waals surface area (Å²) >= 11 is 1.27. The smallest absolute Gasteiger partial charge is 0.264 e. The molecule has 1 aliphatic rings. The van der Waals surface area contributed by atoms with E-state index in [2.05, 4.69) is 17.1 Å². The van der Waals surface area contributed by atoms with E-state index < -0.39 is 0 Å². The van der Waals surface area contributed by atoms with Gasteiger partial charge < -0.3 is 14.4 Å². The van der Waals surface area contributed by atoms with E-state index in [0.29, 0.717) is 53.3 Å². The maximum atomic E-state index is 13.1. The SMILES string of the molecule is Cc1c(C(=O)N2CCN(C(=O)CCCc3ccccc3)CC2)sc2ncn(C)c(=O)c12. The lowest BCUT2D eigenvalue weighted by molar-refractivity contribution is -0.132. The predicted octanol–water partition coefficient (Wildman–Crippen LogP) is 2.61. The third kappa shape index (κ3) is 4.39. The molecule has 0 bridgehead atoms. The Morgan fingerprint density at radius 1 is 1.06 bits per heavy atom. The third-order valence-electron chi connectivity index (χ3n) is 5.82. The minimum Gasteiger partial charge on any atom is -0.339 e. The molecule has 0 atom stereocenters. The fraction of sp³-hybridized carbons (Fsp3) is 0.391. The Labute approximate surface area is 184 Å². The number of piperazine rings is 1. The zero-order valence-corrected chi connectivity index (χ0v) is 18.7. The molecule has 1 aliphatic heterocycles. The molecule has 0 unspecified atom stereocenters. The van der Waals surface area contributed by atoms with Crippen LogP contribution in [0.25, 0.3) is 10.2 Å². The number of fused-ring (bicyclic) bond motifs is 1. The molecule has 3 aromatic rings. The van der Waals surface area contributed by atoms with Gasteiger partial charge in [0.2, 0.25) is 5.91 Å². The van der Waals surface area contributed by atoms with E-state index in [9.17, 15) is 14.4 Å². The maximum Gasteiger partial charge on any atom is 0.264 e. The van der Waals surface area contributed by atoms with E-state index in [1.54, 1.807) is 11.9 Å². The van der Waals surface area contributed by atoms with Crippen LogP contribution in [0.2, 0.25) is 0 Å². The number of hydrogen-bond acceptors (Lipinski definition) is 5. The molecular weight excluding hydrogens is 412 g/mol. The van der Waals surface area contributed by atoms with Gasteiger partial charge in [-0.05, 0) is 30.9 Å². The second-order valence-electron chi connectivity index (χ2n) is 7.91. The van der Waals surface area contributed by atoms with Gasteiger partial charge in [-0.25, -0.2) is 4.98 Å². The number of rotatable bonds is 5. The van der Waals surface area contributed by atoms with Crippen LogP contribution in [0.1, 0.15) is 33.6 Å². The summed E-state index contributed by atoms with van der Waals surface area (Å²) in [6.07, 6.45) is 3.72. The Kier molecular flexibility index (Phi) is 6.18. The molecular formula is C23H26N4O3S. The molecule has 2 aromatic heterocycles. The molecule has 1 aromatic carbocycles. The monoisotopic (exact) mass is 438 g/mol. The van der Waals surface area contributed by atoms with E-state index in [1.807, 2.05) is 30.0 Å². The molecule has 3 heterocycles. The van der Waals surface area contributed by atoms with Crippen molar-refractivity contribution in [2.75, 3.05) is 26.2 Å². The van der Waals surface area contributed by atoms with Gasteiger partial charge in [0.15, 0.2) is 0 Å². The van der Waals surface area contributed by atoms with Crippen molar-refractivity contribution >= 4 is 33.4 Å². The van der Waals surface area contributed by atoms with Gasteiger partial charge in [0.25, 0.3) is 11.5 Å². The zero-order chi connectivity index (χ0) is 22.0. The number of aromatic nitrogens is 2. The van der Waals surface area contributed by atoms with Crippen LogP contribution in [0.3, 0.4) is 0 Å². The van der Waals surface area contributed by atoms with Crippen LogP contribution < -0.4 is 5.56 Å². The number of carbonyl (C=O) groups excluding carboxylic acids is 2. The van der Waals surface area contributed by atoms with Crippen LogP contribution in [0.5, 0.6) is 0 Å². The predicted molar refractivity (Wildman–Crippen MR) is 121 cm³/mol. The maximum absolute atomic E-state index is 13.1. The van der Waals surface area contributed by atoms with Crippen molar-refractivity contribution in [3.63, 3.8) is 0 Å². The Bertz CT molecular complexity index is 1160. The summed E-state index contributed by atoms with van der Waals surface area (Å²) in [7, 11) is 1.66. The molecule has 0 radical (unpaired) electrons. The van der Waals surface area contributed by atoms with E-state index >= 15 is 0 Å². The first-order valence-electron chi connectivity index (χ1n) is 10.5. The summed E-state index contributed by atoms with van der Waals surface area (Å²) in [5.74, 6) is 0.0625. The molecule has 1 fully saturated rings.